The summed E-state index contributed by atoms with van der Waals surface area (Å²) in [5, 5.41) is 13.9. The maximum Gasteiger partial charge on any atom is 0.268 e. The number of phosphoric acid groups is 1. The highest BCUT2D eigenvalue weighted by atomic mass is 31.2. The molecule has 0 fully saturated rings. The van der Waals surface area contributed by atoms with Gasteiger partial charge in [-0.3, -0.25) is 9.36 Å². The molecular formula is C74H127N2O6P. The number of amides is 1. The van der Waals surface area contributed by atoms with E-state index in [-0.39, 0.29) is 12.5 Å². The highest BCUT2D eigenvalue weighted by Gasteiger charge is 2.23. The molecule has 0 spiro atoms. The Morgan fingerprint density at radius 1 is 0.434 bits per heavy atom. The molecule has 2 N–H and O–H groups in total. The first-order valence-electron chi connectivity index (χ1n) is 33.7. The Labute approximate surface area is 512 Å². The molecule has 9 heteroatoms. The average Bonchev–Trinajstić information content (AvgIpc) is 3.50. The van der Waals surface area contributed by atoms with Crippen LogP contribution >= 0.6 is 7.82 Å². The van der Waals surface area contributed by atoms with Crippen LogP contribution in [0.3, 0.4) is 0 Å². The number of carbonyl (C=O) groups excluding carboxylic acids is 1. The lowest BCUT2D eigenvalue weighted by atomic mass is 10.0. The van der Waals surface area contributed by atoms with Crippen molar-refractivity contribution < 1.29 is 32.9 Å². The third kappa shape index (κ3) is 65.8. The normalized spacial score (nSPS) is 14.6. The van der Waals surface area contributed by atoms with Gasteiger partial charge < -0.3 is 28.8 Å². The van der Waals surface area contributed by atoms with Gasteiger partial charge in [0.2, 0.25) is 5.91 Å². The zero-order valence-corrected chi connectivity index (χ0v) is 55.0. The van der Waals surface area contributed by atoms with Crippen LogP contribution < -0.4 is 10.2 Å². The molecule has 3 unspecified atom stereocenters. The van der Waals surface area contributed by atoms with E-state index in [4.69, 9.17) is 9.05 Å². The van der Waals surface area contributed by atoms with E-state index in [1.807, 2.05) is 27.2 Å². The molecule has 0 aromatic rings. The van der Waals surface area contributed by atoms with Crippen molar-refractivity contribution in [3.8, 4) is 0 Å². The van der Waals surface area contributed by atoms with Gasteiger partial charge in [-0.15, -0.1) is 0 Å². The van der Waals surface area contributed by atoms with E-state index in [0.29, 0.717) is 17.4 Å². The van der Waals surface area contributed by atoms with Gasteiger partial charge >= 0.3 is 0 Å². The van der Waals surface area contributed by atoms with Crippen LogP contribution in [0.2, 0.25) is 0 Å². The number of quaternary nitrogens is 1. The highest BCUT2D eigenvalue weighted by Crippen LogP contribution is 2.38. The second kappa shape index (κ2) is 62.9. The van der Waals surface area contributed by atoms with E-state index >= 15 is 0 Å². The minimum absolute atomic E-state index is 0.0173. The van der Waals surface area contributed by atoms with Crippen LogP contribution in [0, 0.1) is 0 Å². The molecule has 0 bridgehead atoms. The molecule has 0 aliphatic heterocycles. The van der Waals surface area contributed by atoms with Crippen LogP contribution in [-0.4, -0.2) is 68.5 Å². The third-order valence-electron chi connectivity index (χ3n) is 14.3. The number of hydrogen-bond donors (Lipinski definition) is 2. The smallest absolute Gasteiger partial charge is 0.268 e. The Bertz CT molecular complexity index is 1860. The van der Waals surface area contributed by atoms with Crippen molar-refractivity contribution in [3.05, 3.63) is 146 Å². The lowest BCUT2D eigenvalue weighted by molar-refractivity contribution is -0.870. The van der Waals surface area contributed by atoms with E-state index < -0.39 is 26.6 Å². The summed E-state index contributed by atoms with van der Waals surface area (Å²) in [6.07, 6.45) is 96.7. The number of hydrogen-bond acceptors (Lipinski definition) is 6. The summed E-state index contributed by atoms with van der Waals surface area (Å²) >= 11 is 0. The maximum atomic E-state index is 13.0. The number of allylic oxidation sites excluding steroid dienone is 23. The van der Waals surface area contributed by atoms with Crippen LogP contribution in [0.4, 0.5) is 0 Å². The van der Waals surface area contributed by atoms with Crippen molar-refractivity contribution in [2.75, 3.05) is 40.9 Å². The number of nitrogens with one attached hydrogen (secondary N) is 1. The Balaban J connectivity index is 4.22. The van der Waals surface area contributed by atoms with Crippen LogP contribution in [0.25, 0.3) is 0 Å². The van der Waals surface area contributed by atoms with Gasteiger partial charge in [-0.25, -0.2) is 0 Å². The van der Waals surface area contributed by atoms with Crippen LogP contribution in [0.1, 0.15) is 264 Å². The third-order valence-corrected chi connectivity index (χ3v) is 15.2. The van der Waals surface area contributed by atoms with Gasteiger partial charge in [-0.2, -0.15) is 0 Å². The van der Waals surface area contributed by atoms with Gasteiger partial charge in [0.05, 0.1) is 39.9 Å². The average molecular weight is 1170 g/mol. The van der Waals surface area contributed by atoms with Crippen molar-refractivity contribution in [2.45, 2.75) is 276 Å². The SMILES string of the molecule is CC/C=C\C/C=C\C/C=C\C/C=C\C/C=C\C/C=C\C/C=C\C/C=C\C/C=C\CCCCCCCCCCCC(=O)NC(COP(=O)([O-])OCC[N+](C)(C)C)C(O)/C=C/CC/C=C/CC/C=C/CCCCCCCCCCCCCCCC. The standard InChI is InChI=1S/C74H127N2O6P/c1-6-8-10-12-14-16-18-20-22-24-26-28-30-32-33-34-35-36-37-38-39-40-41-42-43-44-46-48-50-52-54-56-58-60-62-64-66-68-74(78)75-72(71-82-83(79,80)81-70-69-76(3,4)5)73(77)67-65-63-61-59-57-55-53-51-49-47-45-31-29-27-25-23-21-19-17-15-13-11-9-7-2/h8,10,14,16,20,22,26,28,32-33,35-36,38-39,41-42,44,46,49,51,57,59,65,67,72-73,77H,6-7,9,11-13,15,17-19,21,23-25,27,29-31,34,37,40,43,45,47-48,50,52-56,58,60-64,66,68-71H2,1-5H3,(H-,75,78,79,80)/b10-8-,16-14-,22-20-,28-26-,33-32-,36-35-,39-38-,42-41-,46-44-,51-49+,59-57+,67-65+. The molecule has 3 atom stereocenters. The summed E-state index contributed by atoms with van der Waals surface area (Å²) < 4.78 is 23.4. The molecule has 83 heavy (non-hydrogen) atoms. The van der Waals surface area contributed by atoms with Gasteiger partial charge in [0.25, 0.3) is 7.82 Å². The lowest BCUT2D eigenvalue weighted by Crippen LogP contribution is -2.45. The fourth-order valence-electron chi connectivity index (χ4n) is 9.06. The quantitative estimate of drug-likeness (QED) is 0.0272. The van der Waals surface area contributed by atoms with E-state index in [1.54, 1.807) is 6.08 Å². The zero-order valence-electron chi connectivity index (χ0n) is 54.1. The summed E-state index contributed by atoms with van der Waals surface area (Å²) in [6.45, 7) is 4.50. The molecule has 0 saturated heterocycles. The molecule has 0 radical (unpaired) electrons. The monoisotopic (exact) mass is 1170 g/mol. The van der Waals surface area contributed by atoms with Gasteiger partial charge in [0.15, 0.2) is 0 Å². The number of phosphoric ester groups is 1. The van der Waals surface area contributed by atoms with Crippen LogP contribution in [0.5, 0.6) is 0 Å². The molecule has 0 heterocycles. The van der Waals surface area contributed by atoms with Crippen molar-refractivity contribution in [3.63, 3.8) is 0 Å². The summed E-state index contributed by atoms with van der Waals surface area (Å²) in [5.41, 5.74) is 0. The van der Waals surface area contributed by atoms with Crippen molar-refractivity contribution in [1.29, 1.82) is 0 Å². The molecule has 0 rings (SSSR count). The first-order valence-corrected chi connectivity index (χ1v) is 35.2. The summed E-state index contributed by atoms with van der Waals surface area (Å²) in [6, 6.07) is -0.925. The second-order valence-electron chi connectivity index (χ2n) is 23.4. The molecule has 0 aliphatic carbocycles. The van der Waals surface area contributed by atoms with Gasteiger partial charge in [0, 0.05) is 6.42 Å². The molecule has 0 saturated carbocycles. The predicted molar refractivity (Wildman–Crippen MR) is 361 cm³/mol. The fourth-order valence-corrected chi connectivity index (χ4v) is 9.78. The number of likely N-dealkylation sites (N-methyl/N-ethyl adjacent to an activating group) is 1. The minimum Gasteiger partial charge on any atom is -0.756 e. The molecule has 1 amide bonds. The number of aliphatic hydroxyl groups excluding tert-OH is 1. The van der Waals surface area contributed by atoms with Crippen molar-refractivity contribution in [1.82, 2.24) is 5.32 Å². The molecular weight excluding hydrogens is 1040 g/mol. The van der Waals surface area contributed by atoms with Crippen molar-refractivity contribution >= 4 is 13.7 Å². The van der Waals surface area contributed by atoms with Gasteiger partial charge in [-0.1, -0.05) is 288 Å². The molecule has 474 valence electrons. The second-order valence-corrected chi connectivity index (χ2v) is 24.8. The summed E-state index contributed by atoms with van der Waals surface area (Å²) in [4.78, 5) is 25.6. The minimum atomic E-state index is -4.63. The Kier molecular flexibility index (Phi) is 60.2. The first kappa shape index (κ1) is 79.4. The summed E-state index contributed by atoms with van der Waals surface area (Å²) in [5.74, 6) is -0.222. The Morgan fingerprint density at radius 3 is 1.12 bits per heavy atom. The van der Waals surface area contributed by atoms with E-state index in [2.05, 4.69) is 153 Å². The van der Waals surface area contributed by atoms with E-state index in [1.165, 1.54) is 128 Å². The number of rotatable bonds is 60. The molecule has 0 aliphatic rings. The molecule has 0 aromatic carbocycles. The lowest BCUT2D eigenvalue weighted by Gasteiger charge is -2.29. The number of unbranched alkanes of at least 4 members (excludes halogenated alkanes) is 25. The highest BCUT2D eigenvalue weighted by molar-refractivity contribution is 7.45. The topological polar surface area (TPSA) is 108 Å². The van der Waals surface area contributed by atoms with Gasteiger partial charge in [0.1, 0.15) is 13.2 Å². The fraction of sp³-hybridized carbons (Fsp3) is 0.662. The number of carbonyl (C=O) groups is 1. The Morgan fingerprint density at radius 2 is 0.747 bits per heavy atom. The number of aliphatic hydroxyl groups is 1. The van der Waals surface area contributed by atoms with E-state index in [9.17, 15) is 19.4 Å². The largest absolute Gasteiger partial charge is 0.756 e. The zero-order chi connectivity index (χ0) is 60.5. The Hall–Kier alpha value is -3.62. The van der Waals surface area contributed by atoms with Crippen LogP contribution in [0.15, 0.2) is 146 Å². The molecule has 0 aromatic heterocycles. The van der Waals surface area contributed by atoms with Crippen molar-refractivity contribution in [2.24, 2.45) is 0 Å². The summed E-state index contributed by atoms with van der Waals surface area (Å²) in [7, 11) is 1.21. The molecule has 8 nitrogen and oxygen atoms in total. The van der Waals surface area contributed by atoms with E-state index in [0.717, 1.165) is 116 Å². The first-order chi connectivity index (χ1) is 40.5. The van der Waals surface area contributed by atoms with Gasteiger partial charge in [-0.05, 0) is 116 Å². The predicted octanol–water partition coefficient (Wildman–Crippen LogP) is 21.0. The maximum absolute atomic E-state index is 13.0. The van der Waals surface area contributed by atoms with Crippen LogP contribution in [-0.2, 0) is 18.4 Å². The number of nitrogens with zero attached hydrogens (tertiary/aromatic N) is 1.